The molecule has 35 heavy (non-hydrogen) atoms. The standard InChI is InChI=1S/C28H26N2O5/c1-17(2)24-21(15-19-11-6-7-12-20(19)18-9-4-3-5-10-18)30-14-8-13-22(35-16-23(31)32)26(30)25(24)27(33)28(29)34/h3-14,17H,15-16H2,1-2H3,(H2,29,34)(H,31,32). The first-order valence-electron chi connectivity index (χ1n) is 11.3. The lowest BCUT2D eigenvalue weighted by atomic mass is 9.91. The highest BCUT2D eigenvalue weighted by atomic mass is 16.5. The molecule has 2 aromatic heterocycles. The van der Waals surface area contributed by atoms with Gasteiger partial charge in [-0.2, -0.15) is 0 Å². The number of aromatic nitrogens is 1. The summed E-state index contributed by atoms with van der Waals surface area (Å²) >= 11 is 0. The Kier molecular flexibility index (Phi) is 6.68. The van der Waals surface area contributed by atoms with Gasteiger partial charge < -0.3 is 20.0 Å². The summed E-state index contributed by atoms with van der Waals surface area (Å²) in [6.45, 7) is 3.30. The fourth-order valence-corrected chi connectivity index (χ4v) is 4.52. The van der Waals surface area contributed by atoms with Crippen molar-refractivity contribution in [1.29, 1.82) is 0 Å². The van der Waals surface area contributed by atoms with Crippen LogP contribution in [0.3, 0.4) is 0 Å². The van der Waals surface area contributed by atoms with Gasteiger partial charge in [-0.05, 0) is 40.3 Å². The molecule has 0 spiro atoms. The Bertz CT molecular complexity index is 1420. The van der Waals surface area contributed by atoms with Gasteiger partial charge in [0.05, 0.1) is 11.1 Å². The number of hydrogen-bond donors (Lipinski definition) is 2. The van der Waals surface area contributed by atoms with Gasteiger partial charge >= 0.3 is 5.97 Å². The van der Waals surface area contributed by atoms with Gasteiger partial charge in [0.1, 0.15) is 5.75 Å². The number of amides is 1. The van der Waals surface area contributed by atoms with E-state index in [0.29, 0.717) is 17.5 Å². The van der Waals surface area contributed by atoms with E-state index in [0.717, 1.165) is 22.4 Å². The Labute approximate surface area is 202 Å². The van der Waals surface area contributed by atoms with E-state index in [9.17, 15) is 14.4 Å². The van der Waals surface area contributed by atoms with E-state index in [2.05, 4.69) is 0 Å². The number of carbonyl (C=O) groups is 3. The van der Waals surface area contributed by atoms with E-state index >= 15 is 0 Å². The third kappa shape index (κ3) is 4.66. The molecule has 0 fully saturated rings. The Morgan fingerprint density at radius 1 is 0.971 bits per heavy atom. The van der Waals surface area contributed by atoms with E-state index in [1.807, 2.05) is 72.8 Å². The summed E-state index contributed by atoms with van der Waals surface area (Å²) in [5, 5.41) is 9.12. The van der Waals surface area contributed by atoms with E-state index < -0.39 is 24.3 Å². The zero-order chi connectivity index (χ0) is 25.1. The van der Waals surface area contributed by atoms with Crippen molar-refractivity contribution in [3.05, 3.63) is 95.3 Å². The molecule has 0 saturated carbocycles. The number of carboxylic acids is 1. The van der Waals surface area contributed by atoms with Gasteiger partial charge in [-0.3, -0.25) is 9.59 Å². The summed E-state index contributed by atoms with van der Waals surface area (Å²) in [7, 11) is 0. The topological polar surface area (TPSA) is 111 Å². The number of nitrogens with two attached hydrogens (primary N) is 1. The first-order chi connectivity index (χ1) is 16.8. The zero-order valence-electron chi connectivity index (χ0n) is 19.5. The monoisotopic (exact) mass is 470 g/mol. The van der Waals surface area contributed by atoms with Crippen molar-refractivity contribution in [3.63, 3.8) is 0 Å². The minimum Gasteiger partial charge on any atom is -0.480 e. The van der Waals surface area contributed by atoms with Gasteiger partial charge in [0.15, 0.2) is 6.61 Å². The number of nitrogens with zero attached hydrogens (tertiary/aromatic N) is 1. The summed E-state index contributed by atoms with van der Waals surface area (Å²) in [5.74, 6) is -2.99. The van der Waals surface area contributed by atoms with Crippen molar-refractivity contribution in [3.8, 4) is 16.9 Å². The quantitative estimate of drug-likeness (QED) is 0.277. The highest BCUT2D eigenvalue weighted by molar-refractivity contribution is 6.44. The van der Waals surface area contributed by atoms with Crippen LogP contribution < -0.4 is 10.5 Å². The SMILES string of the molecule is CC(C)c1c(C(=O)C(N)=O)c2c(OCC(=O)O)cccn2c1Cc1ccccc1-c1ccccc1. The predicted molar refractivity (Wildman–Crippen MR) is 133 cm³/mol. The number of pyridine rings is 1. The van der Waals surface area contributed by atoms with Crippen molar-refractivity contribution in [2.75, 3.05) is 6.61 Å². The van der Waals surface area contributed by atoms with E-state index in [1.54, 1.807) is 18.3 Å². The van der Waals surface area contributed by atoms with Crippen LogP contribution in [-0.4, -0.2) is 33.8 Å². The van der Waals surface area contributed by atoms with Crippen LogP contribution >= 0.6 is 0 Å². The molecule has 0 bridgehead atoms. The maximum atomic E-state index is 13.1. The molecule has 7 heteroatoms. The number of ketones is 1. The summed E-state index contributed by atoms with van der Waals surface area (Å²) in [5.41, 5.74) is 10.6. The molecule has 178 valence electrons. The molecule has 0 radical (unpaired) electrons. The number of carboxylic acid groups (broad SMARTS) is 1. The number of ether oxygens (including phenoxy) is 1. The molecular weight excluding hydrogens is 444 g/mol. The van der Waals surface area contributed by atoms with Crippen molar-refractivity contribution >= 4 is 23.2 Å². The summed E-state index contributed by atoms with van der Waals surface area (Å²) in [6, 6.07) is 21.3. The number of primary amides is 1. The lowest BCUT2D eigenvalue weighted by Crippen LogP contribution is -2.24. The molecule has 1 amide bonds. The molecular formula is C28H26N2O5. The molecule has 4 rings (SSSR count). The number of rotatable bonds is 9. The second-order valence-electron chi connectivity index (χ2n) is 8.56. The largest absolute Gasteiger partial charge is 0.480 e. The van der Waals surface area contributed by atoms with Crippen LogP contribution in [0, 0.1) is 0 Å². The van der Waals surface area contributed by atoms with Crippen LogP contribution in [0.25, 0.3) is 16.6 Å². The smallest absolute Gasteiger partial charge is 0.341 e. The first-order valence-corrected chi connectivity index (χ1v) is 11.3. The highest BCUT2D eigenvalue weighted by Crippen LogP contribution is 2.37. The van der Waals surface area contributed by atoms with Gasteiger partial charge in [-0.25, -0.2) is 4.79 Å². The number of Topliss-reactive ketones (excluding diaryl/α,β-unsaturated/α-hetero) is 1. The lowest BCUT2D eigenvalue weighted by molar-refractivity contribution is -0.139. The normalized spacial score (nSPS) is 11.1. The Morgan fingerprint density at radius 2 is 1.66 bits per heavy atom. The molecule has 0 atom stereocenters. The summed E-state index contributed by atoms with van der Waals surface area (Å²) < 4.78 is 7.33. The number of aliphatic carboxylic acids is 1. The van der Waals surface area contributed by atoms with Gasteiger partial charge in [-0.1, -0.05) is 68.4 Å². The van der Waals surface area contributed by atoms with Gasteiger partial charge in [0, 0.05) is 18.3 Å². The average molecular weight is 471 g/mol. The first kappa shape index (κ1) is 23.8. The molecule has 2 heterocycles. The summed E-state index contributed by atoms with van der Waals surface area (Å²) in [6.07, 6.45) is 2.25. The van der Waals surface area contributed by atoms with Crippen molar-refractivity contribution in [2.24, 2.45) is 5.73 Å². The molecule has 0 aliphatic carbocycles. The molecule has 7 nitrogen and oxygen atoms in total. The van der Waals surface area contributed by atoms with Crippen LogP contribution in [-0.2, 0) is 16.0 Å². The molecule has 0 saturated heterocycles. The second-order valence-corrected chi connectivity index (χ2v) is 8.56. The fourth-order valence-electron chi connectivity index (χ4n) is 4.52. The average Bonchev–Trinajstić information content (AvgIpc) is 3.18. The van der Waals surface area contributed by atoms with Crippen molar-refractivity contribution < 1.29 is 24.2 Å². The van der Waals surface area contributed by atoms with Crippen LogP contribution in [0.4, 0.5) is 0 Å². The zero-order valence-corrected chi connectivity index (χ0v) is 19.5. The molecule has 2 aromatic carbocycles. The maximum Gasteiger partial charge on any atom is 0.341 e. The summed E-state index contributed by atoms with van der Waals surface area (Å²) in [4.78, 5) is 36.3. The van der Waals surface area contributed by atoms with Gasteiger partial charge in [0.2, 0.25) is 0 Å². The number of carbonyl (C=O) groups excluding carboxylic acids is 2. The van der Waals surface area contributed by atoms with Crippen LogP contribution in [0.15, 0.2) is 72.9 Å². The predicted octanol–water partition coefficient (Wildman–Crippen LogP) is 4.45. The third-order valence-corrected chi connectivity index (χ3v) is 5.90. The fraction of sp³-hybridized carbons (Fsp3) is 0.179. The number of fused-ring (bicyclic) bond motifs is 1. The minimum atomic E-state index is -1.15. The second kappa shape index (κ2) is 9.85. The molecule has 4 aromatic rings. The van der Waals surface area contributed by atoms with E-state index in [1.165, 1.54) is 0 Å². The molecule has 0 aliphatic heterocycles. The molecule has 3 N–H and O–H groups in total. The lowest BCUT2D eigenvalue weighted by Gasteiger charge is -2.14. The highest BCUT2D eigenvalue weighted by Gasteiger charge is 2.30. The van der Waals surface area contributed by atoms with E-state index in [4.69, 9.17) is 15.6 Å². The molecule has 0 unspecified atom stereocenters. The van der Waals surface area contributed by atoms with Crippen molar-refractivity contribution in [1.82, 2.24) is 4.40 Å². The minimum absolute atomic E-state index is 0.126. The van der Waals surface area contributed by atoms with Gasteiger partial charge in [0.25, 0.3) is 11.7 Å². The molecule has 0 aliphatic rings. The van der Waals surface area contributed by atoms with E-state index in [-0.39, 0.29) is 17.2 Å². The third-order valence-electron chi connectivity index (χ3n) is 5.90. The van der Waals surface area contributed by atoms with Crippen LogP contribution in [0.1, 0.15) is 46.9 Å². The Balaban J connectivity index is 1.98. The maximum absolute atomic E-state index is 13.1. The van der Waals surface area contributed by atoms with Crippen molar-refractivity contribution in [2.45, 2.75) is 26.2 Å². The Hall–Kier alpha value is -4.39. The number of benzene rings is 2. The van der Waals surface area contributed by atoms with Crippen LogP contribution in [0.2, 0.25) is 0 Å². The van der Waals surface area contributed by atoms with Crippen LogP contribution in [0.5, 0.6) is 5.75 Å². The number of hydrogen-bond acceptors (Lipinski definition) is 4. The van der Waals surface area contributed by atoms with Gasteiger partial charge in [-0.15, -0.1) is 0 Å². The Morgan fingerprint density at radius 3 is 2.31 bits per heavy atom.